The lowest BCUT2D eigenvalue weighted by molar-refractivity contribution is 0.102. The van der Waals surface area contributed by atoms with Crippen LogP contribution in [0.5, 0.6) is 0 Å². The molecular weight excluding hydrogens is 358 g/mol. The highest BCUT2D eigenvalue weighted by molar-refractivity contribution is 6.15. The van der Waals surface area contributed by atoms with Gasteiger partial charge in [0.15, 0.2) is 0 Å². The van der Waals surface area contributed by atoms with Crippen molar-refractivity contribution in [1.29, 1.82) is 0 Å². The molecule has 0 amide bonds. The van der Waals surface area contributed by atoms with Crippen LogP contribution < -0.4 is 4.90 Å². The molecule has 4 nitrogen and oxygen atoms in total. The summed E-state index contributed by atoms with van der Waals surface area (Å²) in [5, 5.41) is 1.20. The fraction of sp³-hybridized carbons (Fsp3) is 0.320. The van der Waals surface area contributed by atoms with Gasteiger partial charge in [-0.05, 0) is 68.3 Å². The predicted octanol–water partition coefficient (Wildman–Crippen LogP) is 4.44. The van der Waals surface area contributed by atoms with E-state index in [4.69, 9.17) is 0 Å². The van der Waals surface area contributed by atoms with E-state index in [-0.39, 0.29) is 5.78 Å². The van der Waals surface area contributed by atoms with E-state index in [1.54, 1.807) is 0 Å². The molecule has 5 rings (SSSR count). The molecule has 0 spiro atoms. The number of benzene rings is 2. The molecule has 1 aromatic heterocycles. The predicted molar refractivity (Wildman–Crippen MR) is 120 cm³/mol. The molecule has 2 heterocycles. The highest BCUT2D eigenvalue weighted by Crippen LogP contribution is 2.32. The van der Waals surface area contributed by atoms with Crippen LogP contribution in [-0.2, 0) is 6.42 Å². The number of rotatable bonds is 2. The zero-order valence-electron chi connectivity index (χ0n) is 17.2. The first-order chi connectivity index (χ1) is 14.1. The summed E-state index contributed by atoms with van der Waals surface area (Å²) in [6.07, 6.45) is 3.78. The second kappa shape index (κ2) is 7.20. The van der Waals surface area contributed by atoms with Crippen LogP contribution in [-0.4, -0.2) is 48.9 Å². The summed E-state index contributed by atoms with van der Waals surface area (Å²) in [6, 6.07) is 15.0. The van der Waals surface area contributed by atoms with Gasteiger partial charge in [-0.1, -0.05) is 23.8 Å². The van der Waals surface area contributed by atoms with Crippen LogP contribution in [0.3, 0.4) is 0 Å². The standard InChI is InChI=1S/C25H27N3O/c1-17-3-10-23-22(15-17)21-9-6-19(25(29)24(21)26-23)16-18-4-7-20(8-5-18)28-13-11-27(2)12-14-28/h3-5,7-8,10,15-16,26H,6,9,11-14H2,1-2H3/b19-16+. The number of carbonyl (C=O) groups is 1. The first kappa shape index (κ1) is 18.2. The lowest BCUT2D eigenvalue weighted by Gasteiger charge is -2.34. The Morgan fingerprint density at radius 1 is 0.966 bits per heavy atom. The summed E-state index contributed by atoms with van der Waals surface area (Å²) in [5.41, 5.74) is 7.51. The van der Waals surface area contributed by atoms with Crippen molar-refractivity contribution in [2.45, 2.75) is 19.8 Å². The van der Waals surface area contributed by atoms with Gasteiger partial charge in [0.05, 0.1) is 5.69 Å². The molecule has 2 aromatic carbocycles. The number of ketones is 1. The molecule has 2 aliphatic rings. The van der Waals surface area contributed by atoms with E-state index in [0.29, 0.717) is 0 Å². The number of H-pyrrole nitrogens is 1. The fourth-order valence-corrected chi connectivity index (χ4v) is 4.53. The summed E-state index contributed by atoms with van der Waals surface area (Å²) >= 11 is 0. The molecule has 1 aliphatic heterocycles. The van der Waals surface area contributed by atoms with Gasteiger partial charge >= 0.3 is 0 Å². The molecular formula is C25H27N3O. The highest BCUT2D eigenvalue weighted by Gasteiger charge is 2.25. The third-order valence-electron chi connectivity index (χ3n) is 6.33. The SMILES string of the molecule is Cc1ccc2[nH]c3c(c2c1)CC/C(=C\c1ccc(N2CCN(C)CC2)cc1)C3=O. The molecule has 0 saturated carbocycles. The smallest absolute Gasteiger partial charge is 0.205 e. The maximum atomic E-state index is 13.1. The quantitative estimate of drug-likeness (QED) is 0.663. The van der Waals surface area contributed by atoms with Gasteiger partial charge in [-0.15, -0.1) is 0 Å². The summed E-state index contributed by atoms with van der Waals surface area (Å²) in [7, 11) is 2.17. The van der Waals surface area contributed by atoms with Crippen molar-refractivity contribution in [2.75, 3.05) is 38.1 Å². The monoisotopic (exact) mass is 385 g/mol. The van der Waals surface area contributed by atoms with Crippen molar-refractivity contribution in [3.63, 3.8) is 0 Å². The van der Waals surface area contributed by atoms with Crippen LogP contribution in [0.2, 0.25) is 0 Å². The Labute approximate surface area is 171 Å². The van der Waals surface area contributed by atoms with Crippen molar-refractivity contribution in [3.8, 4) is 0 Å². The number of anilines is 1. The normalized spacial score (nSPS) is 19.2. The molecule has 148 valence electrons. The lowest BCUT2D eigenvalue weighted by atomic mass is 9.89. The van der Waals surface area contributed by atoms with Crippen molar-refractivity contribution in [2.24, 2.45) is 0 Å². The average molecular weight is 386 g/mol. The molecule has 1 saturated heterocycles. The van der Waals surface area contributed by atoms with Crippen LogP contribution in [0.15, 0.2) is 48.0 Å². The Hall–Kier alpha value is -2.85. The minimum absolute atomic E-state index is 0.142. The van der Waals surface area contributed by atoms with E-state index in [1.165, 1.54) is 22.2 Å². The zero-order valence-corrected chi connectivity index (χ0v) is 17.2. The van der Waals surface area contributed by atoms with E-state index in [1.807, 2.05) is 0 Å². The number of hydrogen-bond acceptors (Lipinski definition) is 3. The first-order valence-corrected chi connectivity index (χ1v) is 10.5. The van der Waals surface area contributed by atoms with Crippen LogP contribution in [0.25, 0.3) is 17.0 Å². The van der Waals surface area contributed by atoms with Gasteiger partial charge in [0.25, 0.3) is 0 Å². The number of hydrogen-bond donors (Lipinski definition) is 1. The number of likely N-dealkylation sites (N-methyl/N-ethyl adjacent to an activating group) is 1. The van der Waals surface area contributed by atoms with E-state index < -0.39 is 0 Å². The molecule has 3 aromatic rings. The van der Waals surface area contributed by atoms with E-state index >= 15 is 0 Å². The molecule has 29 heavy (non-hydrogen) atoms. The number of aryl methyl sites for hydroxylation is 2. The number of Topliss-reactive ketones (excluding diaryl/α,β-unsaturated/α-hetero) is 1. The second-order valence-electron chi connectivity index (χ2n) is 8.41. The Morgan fingerprint density at radius 2 is 1.72 bits per heavy atom. The van der Waals surface area contributed by atoms with Gasteiger partial charge in [-0.2, -0.15) is 0 Å². The van der Waals surface area contributed by atoms with Gasteiger partial charge < -0.3 is 14.8 Å². The summed E-state index contributed by atoms with van der Waals surface area (Å²) in [6.45, 7) is 6.44. The van der Waals surface area contributed by atoms with Crippen molar-refractivity contribution < 1.29 is 4.79 Å². The number of nitrogens with zero attached hydrogens (tertiary/aromatic N) is 2. The Morgan fingerprint density at radius 3 is 2.48 bits per heavy atom. The molecule has 1 aliphatic carbocycles. The van der Waals surface area contributed by atoms with Crippen molar-refractivity contribution in [3.05, 3.63) is 70.4 Å². The highest BCUT2D eigenvalue weighted by atomic mass is 16.1. The van der Waals surface area contributed by atoms with Crippen LogP contribution in [0.4, 0.5) is 5.69 Å². The minimum Gasteiger partial charge on any atom is -0.369 e. The number of allylic oxidation sites excluding steroid dienone is 1. The number of fused-ring (bicyclic) bond motifs is 3. The number of aromatic amines is 1. The summed E-state index contributed by atoms with van der Waals surface area (Å²) in [5.74, 6) is 0.142. The molecule has 0 atom stereocenters. The molecule has 4 heteroatoms. The maximum absolute atomic E-state index is 13.1. The van der Waals surface area contributed by atoms with E-state index in [2.05, 4.69) is 77.3 Å². The van der Waals surface area contributed by atoms with E-state index in [9.17, 15) is 4.79 Å². The Kier molecular flexibility index (Phi) is 4.51. The Balaban J connectivity index is 1.39. The maximum Gasteiger partial charge on any atom is 0.205 e. The van der Waals surface area contributed by atoms with Gasteiger partial charge in [-0.25, -0.2) is 0 Å². The largest absolute Gasteiger partial charge is 0.369 e. The number of nitrogens with one attached hydrogen (secondary N) is 1. The molecule has 1 fully saturated rings. The Bertz CT molecular complexity index is 1100. The molecule has 0 bridgehead atoms. The summed E-state index contributed by atoms with van der Waals surface area (Å²) < 4.78 is 0. The van der Waals surface area contributed by atoms with Crippen molar-refractivity contribution in [1.82, 2.24) is 9.88 Å². The topological polar surface area (TPSA) is 39.3 Å². The summed E-state index contributed by atoms with van der Waals surface area (Å²) in [4.78, 5) is 21.3. The van der Waals surface area contributed by atoms with Crippen LogP contribution in [0, 0.1) is 6.92 Å². The van der Waals surface area contributed by atoms with Gasteiger partial charge in [-0.3, -0.25) is 4.79 Å². The fourth-order valence-electron chi connectivity index (χ4n) is 4.53. The third kappa shape index (κ3) is 3.38. The lowest BCUT2D eigenvalue weighted by Crippen LogP contribution is -2.44. The average Bonchev–Trinajstić information content (AvgIpc) is 3.10. The number of carbonyl (C=O) groups excluding carboxylic acids is 1. The first-order valence-electron chi connectivity index (χ1n) is 10.5. The minimum atomic E-state index is 0.142. The zero-order chi connectivity index (χ0) is 20.0. The van der Waals surface area contributed by atoms with Crippen molar-refractivity contribution >= 4 is 28.4 Å². The van der Waals surface area contributed by atoms with Gasteiger partial charge in [0.2, 0.25) is 5.78 Å². The van der Waals surface area contributed by atoms with Gasteiger partial charge in [0, 0.05) is 48.3 Å². The molecule has 1 N–H and O–H groups in total. The number of aromatic nitrogens is 1. The third-order valence-corrected chi connectivity index (χ3v) is 6.33. The van der Waals surface area contributed by atoms with Gasteiger partial charge in [0.1, 0.15) is 0 Å². The van der Waals surface area contributed by atoms with Crippen LogP contribution in [0.1, 0.15) is 33.6 Å². The number of piperazine rings is 1. The second-order valence-corrected chi connectivity index (χ2v) is 8.41. The van der Waals surface area contributed by atoms with E-state index in [0.717, 1.165) is 61.4 Å². The molecule has 0 radical (unpaired) electrons. The van der Waals surface area contributed by atoms with Crippen LogP contribution >= 0.6 is 0 Å². The molecule has 0 unspecified atom stereocenters.